The molecule has 0 saturated carbocycles. The summed E-state index contributed by atoms with van der Waals surface area (Å²) >= 11 is 0. The van der Waals surface area contributed by atoms with Gasteiger partial charge in [-0.2, -0.15) is 0 Å². The van der Waals surface area contributed by atoms with Crippen molar-refractivity contribution in [2.75, 3.05) is 26.4 Å². The van der Waals surface area contributed by atoms with Crippen LogP contribution in [0.4, 0.5) is 0 Å². The third-order valence-electron chi connectivity index (χ3n) is 5.94. The maximum Gasteiger partial charge on any atom is 0.309 e. The molecule has 0 aliphatic carbocycles. The maximum atomic E-state index is 12.4. The van der Waals surface area contributed by atoms with Crippen molar-refractivity contribution < 1.29 is 38.1 Å². The summed E-state index contributed by atoms with van der Waals surface area (Å²) in [6.45, 7) is 1.53. The van der Waals surface area contributed by atoms with E-state index < -0.39 is 11.8 Å². The van der Waals surface area contributed by atoms with Gasteiger partial charge in [0.1, 0.15) is 0 Å². The Labute approximate surface area is 190 Å². The van der Waals surface area contributed by atoms with Gasteiger partial charge < -0.3 is 18.9 Å². The van der Waals surface area contributed by atoms with Crippen LogP contribution in [-0.2, 0) is 38.1 Å². The molecular weight excluding hydrogens is 416 g/mol. The lowest BCUT2D eigenvalue weighted by molar-refractivity contribution is -0.156. The first-order valence-corrected chi connectivity index (χ1v) is 12.2. The molecule has 2 aliphatic heterocycles. The zero-order valence-corrected chi connectivity index (χ0v) is 19.1. The monoisotopic (exact) mass is 454 g/mol. The van der Waals surface area contributed by atoms with E-state index in [0.29, 0.717) is 52.1 Å². The summed E-state index contributed by atoms with van der Waals surface area (Å²) < 4.78 is 21.2. The lowest BCUT2D eigenvalue weighted by atomic mass is 9.93. The van der Waals surface area contributed by atoms with Gasteiger partial charge in [0.25, 0.3) is 0 Å². The van der Waals surface area contributed by atoms with E-state index in [0.717, 1.165) is 51.4 Å². The molecule has 0 N–H and O–H groups in total. The van der Waals surface area contributed by atoms with Crippen molar-refractivity contribution in [3.63, 3.8) is 0 Å². The van der Waals surface area contributed by atoms with Crippen molar-refractivity contribution in [2.45, 2.75) is 89.9 Å². The van der Waals surface area contributed by atoms with E-state index in [1.165, 1.54) is 0 Å². The van der Waals surface area contributed by atoms with Crippen molar-refractivity contribution >= 4 is 23.9 Å². The molecule has 182 valence electrons. The fraction of sp³-hybridized carbons (Fsp3) is 0.833. The lowest BCUT2D eigenvalue weighted by Crippen LogP contribution is -2.24. The molecule has 32 heavy (non-hydrogen) atoms. The second kappa shape index (κ2) is 15.6. The second-order valence-corrected chi connectivity index (χ2v) is 8.69. The minimum atomic E-state index is -0.546. The average Bonchev–Trinajstić information content (AvgIpc) is 2.76. The highest BCUT2D eigenvalue weighted by atomic mass is 16.5. The third-order valence-corrected chi connectivity index (χ3v) is 5.94. The molecule has 0 aromatic heterocycles. The maximum absolute atomic E-state index is 12.4. The van der Waals surface area contributed by atoms with Gasteiger partial charge >= 0.3 is 23.9 Å². The molecule has 0 spiro atoms. The van der Waals surface area contributed by atoms with E-state index in [-0.39, 0.29) is 36.7 Å². The zero-order valence-electron chi connectivity index (χ0n) is 19.1. The van der Waals surface area contributed by atoms with Gasteiger partial charge in [-0.25, -0.2) is 0 Å². The summed E-state index contributed by atoms with van der Waals surface area (Å²) in [6.07, 6.45) is 9.28. The van der Waals surface area contributed by atoms with Crippen LogP contribution in [0.3, 0.4) is 0 Å². The van der Waals surface area contributed by atoms with E-state index in [9.17, 15) is 19.2 Å². The summed E-state index contributed by atoms with van der Waals surface area (Å²) in [7, 11) is 0. The van der Waals surface area contributed by atoms with Crippen LogP contribution in [0.25, 0.3) is 0 Å². The van der Waals surface area contributed by atoms with Crippen LogP contribution in [0.15, 0.2) is 0 Å². The molecule has 2 aliphatic rings. The molecule has 0 aromatic carbocycles. The topological polar surface area (TPSA) is 105 Å². The zero-order chi connectivity index (χ0) is 23.0. The van der Waals surface area contributed by atoms with E-state index >= 15 is 0 Å². The van der Waals surface area contributed by atoms with Gasteiger partial charge in [-0.1, -0.05) is 12.8 Å². The van der Waals surface area contributed by atoms with Crippen LogP contribution in [0.1, 0.15) is 89.9 Å². The fourth-order valence-corrected chi connectivity index (χ4v) is 3.98. The number of ether oxygens (including phenoxy) is 4. The van der Waals surface area contributed by atoms with E-state index in [1.54, 1.807) is 0 Å². The number of esters is 4. The smallest absolute Gasteiger partial charge is 0.309 e. The summed E-state index contributed by atoms with van der Waals surface area (Å²) in [5.74, 6) is -2.57. The first-order chi connectivity index (χ1) is 15.6. The largest absolute Gasteiger partial charge is 0.466 e. The molecule has 0 amide bonds. The van der Waals surface area contributed by atoms with E-state index in [2.05, 4.69) is 0 Å². The quantitative estimate of drug-likeness (QED) is 0.350. The number of carbonyl (C=O) groups is 4. The average molecular weight is 455 g/mol. The van der Waals surface area contributed by atoms with E-state index in [4.69, 9.17) is 18.9 Å². The highest BCUT2D eigenvalue weighted by molar-refractivity contribution is 5.80. The van der Waals surface area contributed by atoms with Gasteiger partial charge in [-0.15, -0.1) is 0 Å². The summed E-state index contributed by atoms with van der Waals surface area (Å²) in [5, 5.41) is 0. The Bertz CT molecular complexity index is 551. The van der Waals surface area contributed by atoms with Crippen LogP contribution < -0.4 is 0 Å². The van der Waals surface area contributed by atoms with E-state index in [1.807, 2.05) is 0 Å². The minimum absolute atomic E-state index is 0.0105. The fourth-order valence-electron chi connectivity index (χ4n) is 3.98. The number of rotatable bonds is 5. The van der Waals surface area contributed by atoms with Gasteiger partial charge in [0, 0.05) is 0 Å². The Kier molecular flexibility index (Phi) is 12.8. The van der Waals surface area contributed by atoms with Gasteiger partial charge in [-0.05, 0) is 64.2 Å². The Morgan fingerprint density at radius 1 is 0.500 bits per heavy atom. The molecule has 2 fully saturated rings. The molecule has 2 unspecified atom stereocenters. The number of carbonyl (C=O) groups excluding carboxylic acids is 4. The van der Waals surface area contributed by atoms with Gasteiger partial charge in [-0.3, -0.25) is 19.2 Å². The SMILES string of the molecule is O=C1CC(CCCCC2CC(=O)OCCCCCCOC2=O)C(=O)OCCCCCCO1. The molecule has 2 heterocycles. The van der Waals surface area contributed by atoms with Gasteiger partial charge in [0.2, 0.25) is 0 Å². The number of hydrogen-bond acceptors (Lipinski definition) is 8. The highest BCUT2D eigenvalue weighted by Crippen LogP contribution is 2.22. The summed E-state index contributed by atoms with van der Waals surface area (Å²) in [5.41, 5.74) is 0. The molecule has 8 heteroatoms. The molecule has 8 nitrogen and oxygen atoms in total. The van der Waals surface area contributed by atoms with Crippen molar-refractivity contribution in [2.24, 2.45) is 11.8 Å². The number of hydrogen-bond donors (Lipinski definition) is 0. The third kappa shape index (κ3) is 11.0. The van der Waals surface area contributed by atoms with Crippen LogP contribution >= 0.6 is 0 Å². The first kappa shape index (κ1) is 26.1. The number of cyclic esters (lactones) is 4. The lowest BCUT2D eigenvalue weighted by Gasteiger charge is -2.18. The van der Waals surface area contributed by atoms with Crippen LogP contribution in [0.2, 0.25) is 0 Å². The highest BCUT2D eigenvalue weighted by Gasteiger charge is 2.27. The van der Waals surface area contributed by atoms with Crippen LogP contribution in [-0.4, -0.2) is 50.3 Å². The first-order valence-electron chi connectivity index (χ1n) is 12.2. The van der Waals surface area contributed by atoms with Crippen molar-refractivity contribution in [1.29, 1.82) is 0 Å². The molecule has 2 rings (SSSR count). The van der Waals surface area contributed by atoms with Gasteiger partial charge in [0.15, 0.2) is 0 Å². The number of unbranched alkanes of at least 4 members (excludes halogenated alkanes) is 1. The predicted octanol–water partition coefficient (Wildman–Crippen LogP) is 3.88. The van der Waals surface area contributed by atoms with Crippen molar-refractivity contribution in [3.8, 4) is 0 Å². The van der Waals surface area contributed by atoms with Crippen LogP contribution in [0, 0.1) is 11.8 Å². The Balaban J connectivity index is 1.83. The minimum Gasteiger partial charge on any atom is -0.466 e. The van der Waals surface area contributed by atoms with Crippen LogP contribution in [0.5, 0.6) is 0 Å². The van der Waals surface area contributed by atoms with Gasteiger partial charge in [0.05, 0.1) is 51.1 Å². The summed E-state index contributed by atoms with van der Waals surface area (Å²) in [4.78, 5) is 48.9. The summed E-state index contributed by atoms with van der Waals surface area (Å²) in [6, 6.07) is 0. The Morgan fingerprint density at radius 3 is 1.22 bits per heavy atom. The molecule has 2 atom stereocenters. The molecule has 0 aromatic rings. The molecular formula is C24H38O8. The van der Waals surface area contributed by atoms with Crippen molar-refractivity contribution in [1.82, 2.24) is 0 Å². The Morgan fingerprint density at radius 2 is 0.844 bits per heavy atom. The second-order valence-electron chi connectivity index (χ2n) is 8.69. The molecule has 0 radical (unpaired) electrons. The standard InChI is InChI=1S/C24H38O8/c25-21-17-19(23(27)31-15-9-3-1-7-13-29-21)11-5-6-12-20-18-22(26)30-14-8-2-4-10-16-32-24(20)28/h19-20H,1-18H2. The predicted molar refractivity (Wildman–Crippen MR) is 115 cm³/mol. The normalized spacial score (nSPS) is 25.5. The Hall–Kier alpha value is -2.12. The van der Waals surface area contributed by atoms with Crippen molar-refractivity contribution in [3.05, 3.63) is 0 Å². The molecule has 2 saturated heterocycles. The molecule has 0 bridgehead atoms.